The molecular formula is C25H26FN3OS. The molecule has 0 aliphatic carbocycles. The van der Waals surface area contributed by atoms with Gasteiger partial charge in [-0.3, -0.25) is 4.79 Å². The van der Waals surface area contributed by atoms with E-state index in [0.29, 0.717) is 18.1 Å². The number of hydrogen-bond donors (Lipinski definition) is 1. The average molecular weight is 436 g/mol. The zero-order chi connectivity index (χ0) is 21.2. The maximum absolute atomic E-state index is 13.7. The van der Waals surface area contributed by atoms with Gasteiger partial charge in [0.25, 0.3) is 5.56 Å². The van der Waals surface area contributed by atoms with Gasteiger partial charge >= 0.3 is 0 Å². The normalized spacial score (nSPS) is 15.8. The molecule has 0 atom stereocenters. The summed E-state index contributed by atoms with van der Waals surface area (Å²) in [6.07, 6.45) is 2.19. The topological polar surface area (TPSA) is 37.3 Å². The molecule has 1 aliphatic heterocycles. The number of aromatic nitrogens is 1. The van der Waals surface area contributed by atoms with Crippen LogP contribution in [-0.4, -0.2) is 35.1 Å². The van der Waals surface area contributed by atoms with Crippen LogP contribution in [0.3, 0.4) is 0 Å². The number of likely N-dealkylation sites (tertiary alicyclic amines) is 1. The summed E-state index contributed by atoms with van der Waals surface area (Å²) in [7, 11) is 0. The number of fused-ring (bicyclic) bond motifs is 2. The summed E-state index contributed by atoms with van der Waals surface area (Å²) in [6, 6.07) is 17.4. The maximum Gasteiger partial charge on any atom is 0.251 e. The van der Waals surface area contributed by atoms with Crippen molar-refractivity contribution in [2.45, 2.75) is 32.0 Å². The van der Waals surface area contributed by atoms with Crippen LogP contribution < -0.4 is 10.9 Å². The number of hydrogen-bond acceptors (Lipinski definition) is 4. The van der Waals surface area contributed by atoms with Gasteiger partial charge in [0.2, 0.25) is 0 Å². The van der Waals surface area contributed by atoms with Gasteiger partial charge in [-0.1, -0.05) is 6.07 Å². The van der Waals surface area contributed by atoms with Crippen LogP contribution in [0.15, 0.2) is 64.8 Å². The van der Waals surface area contributed by atoms with Crippen LogP contribution in [0.1, 0.15) is 18.4 Å². The van der Waals surface area contributed by atoms with Gasteiger partial charge in [0.05, 0.1) is 5.52 Å². The van der Waals surface area contributed by atoms with E-state index in [2.05, 4.69) is 39.9 Å². The van der Waals surface area contributed by atoms with E-state index in [1.807, 2.05) is 0 Å². The fourth-order valence-electron chi connectivity index (χ4n) is 4.48. The molecule has 1 aliphatic rings. The molecular weight excluding hydrogens is 409 g/mol. The first-order valence-electron chi connectivity index (χ1n) is 10.9. The number of piperidine rings is 1. The van der Waals surface area contributed by atoms with Crippen LogP contribution in [0, 0.1) is 5.82 Å². The Bertz CT molecular complexity index is 1260. The average Bonchev–Trinajstić information content (AvgIpc) is 3.26. The highest BCUT2D eigenvalue weighted by Crippen LogP contribution is 2.22. The molecule has 1 saturated heterocycles. The van der Waals surface area contributed by atoms with Crippen molar-refractivity contribution in [3.63, 3.8) is 0 Å². The molecule has 4 nitrogen and oxygen atoms in total. The van der Waals surface area contributed by atoms with Crippen molar-refractivity contribution in [3.8, 4) is 0 Å². The molecule has 0 spiro atoms. The molecule has 2 aromatic heterocycles. The summed E-state index contributed by atoms with van der Waals surface area (Å²) < 4.78 is 16.7. The molecule has 0 amide bonds. The van der Waals surface area contributed by atoms with Gasteiger partial charge in [-0.25, -0.2) is 4.39 Å². The summed E-state index contributed by atoms with van der Waals surface area (Å²) in [6.45, 7) is 4.30. The molecule has 4 aromatic rings. The van der Waals surface area contributed by atoms with Crippen molar-refractivity contribution in [1.82, 2.24) is 14.8 Å². The van der Waals surface area contributed by atoms with Gasteiger partial charge in [-0.05, 0) is 90.1 Å². The van der Waals surface area contributed by atoms with Gasteiger partial charge in [-0.15, -0.1) is 11.3 Å². The number of thiophene rings is 1. The van der Waals surface area contributed by atoms with E-state index in [-0.39, 0.29) is 11.4 Å². The fraction of sp³-hybridized carbons (Fsp3) is 0.320. The minimum absolute atomic E-state index is 0.0720. The van der Waals surface area contributed by atoms with Gasteiger partial charge in [0.1, 0.15) is 5.82 Å². The van der Waals surface area contributed by atoms with Crippen LogP contribution in [0.4, 0.5) is 4.39 Å². The van der Waals surface area contributed by atoms with Crippen molar-refractivity contribution >= 4 is 32.3 Å². The third-order valence-electron chi connectivity index (χ3n) is 6.29. The number of pyridine rings is 1. The van der Waals surface area contributed by atoms with Crippen LogP contribution >= 0.6 is 11.3 Å². The zero-order valence-corrected chi connectivity index (χ0v) is 18.2. The highest BCUT2D eigenvalue weighted by Gasteiger charge is 2.19. The Balaban J connectivity index is 1.14. The second kappa shape index (κ2) is 8.91. The van der Waals surface area contributed by atoms with Crippen molar-refractivity contribution in [2.75, 3.05) is 19.6 Å². The third kappa shape index (κ3) is 4.56. The second-order valence-electron chi connectivity index (χ2n) is 8.32. The zero-order valence-electron chi connectivity index (χ0n) is 17.4. The predicted molar refractivity (Wildman–Crippen MR) is 126 cm³/mol. The van der Waals surface area contributed by atoms with Crippen molar-refractivity contribution < 1.29 is 4.39 Å². The Kier molecular flexibility index (Phi) is 5.85. The minimum Gasteiger partial charge on any atom is -0.310 e. The first kappa shape index (κ1) is 20.4. The largest absolute Gasteiger partial charge is 0.310 e. The van der Waals surface area contributed by atoms with Gasteiger partial charge in [0.15, 0.2) is 0 Å². The monoisotopic (exact) mass is 435 g/mol. The number of rotatable bonds is 6. The van der Waals surface area contributed by atoms with Crippen molar-refractivity contribution in [3.05, 3.63) is 81.7 Å². The maximum atomic E-state index is 13.7. The van der Waals surface area contributed by atoms with Crippen LogP contribution in [0.2, 0.25) is 0 Å². The lowest BCUT2D eigenvalue weighted by Crippen LogP contribution is -2.43. The Morgan fingerprint density at radius 3 is 2.68 bits per heavy atom. The molecule has 1 fully saturated rings. The molecule has 0 unspecified atom stereocenters. The minimum atomic E-state index is -0.308. The predicted octanol–water partition coefficient (Wildman–Crippen LogP) is 4.61. The number of benzene rings is 2. The molecule has 3 heterocycles. The number of halogens is 1. The summed E-state index contributed by atoms with van der Waals surface area (Å²) in [5.41, 5.74) is 1.93. The van der Waals surface area contributed by atoms with Crippen molar-refractivity contribution in [1.29, 1.82) is 0 Å². The van der Waals surface area contributed by atoms with E-state index in [1.54, 1.807) is 34.1 Å². The molecule has 5 rings (SSSR count). The lowest BCUT2D eigenvalue weighted by Gasteiger charge is -2.32. The Morgan fingerprint density at radius 2 is 1.81 bits per heavy atom. The quantitative estimate of drug-likeness (QED) is 0.481. The van der Waals surface area contributed by atoms with Gasteiger partial charge in [0, 0.05) is 36.4 Å². The van der Waals surface area contributed by atoms with Gasteiger partial charge < -0.3 is 14.8 Å². The Morgan fingerprint density at radius 1 is 0.968 bits per heavy atom. The van der Waals surface area contributed by atoms with Crippen LogP contribution in [-0.2, 0) is 13.1 Å². The molecule has 0 radical (unpaired) electrons. The molecule has 31 heavy (non-hydrogen) atoms. The first-order chi connectivity index (χ1) is 15.2. The molecule has 0 saturated carbocycles. The van der Waals surface area contributed by atoms with Gasteiger partial charge in [-0.2, -0.15) is 0 Å². The molecule has 6 heteroatoms. The van der Waals surface area contributed by atoms with E-state index in [4.69, 9.17) is 0 Å². The fourth-order valence-corrected chi connectivity index (χ4v) is 5.25. The molecule has 1 N–H and O–H groups in total. The van der Waals surface area contributed by atoms with Crippen molar-refractivity contribution in [2.24, 2.45) is 0 Å². The molecule has 0 bridgehead atoms. The number of nitrogens with zero attached hydrogens (tertiary/aromatic N) is 2. The SMILES string of the molecule is O=c1ccc2ccc(F)cc2n1CCN1CCC(NCc2ccc3sccc3c2)CC1. The van der Waals surface area contributed by atoms with E-state index in [9.17, 15) is 9.18 Å². The lowest BCUT2D eigenvalue weighted by molar-refractivity contribution is 0.191. The Labute approximate surface area is 184 Å². The van der Waals surface area contributed by atoms with E-state index < -0.39 is 0 Å². The second-order valence-corrected chi connectivity index (χ2v) is 9.26. The summed E-state index contributed by atoms with van der Waals surface area (Å²) in [4.78, 5) is 14.8. The van der Waals surface area contributed by atoms with Crippen LogP contribution in [0.5, 0.6) is 0 Å². The smallest absolute Gasteiger partial charge is 0.251 e. The summed E-state index contributed by atoms with van der Waals surface area (Å²) in [5.74, 6) is -0.308. The number of nitrogens with one attached hydrogen (secondary N) is 1. The summed E-state index contributed by atoms with van der Waals surface area (Å²) >= 11 is 1.78. The third-order valence-corrected chi connectivity index (χ3v) is 7.19. The first-order valence-corrected chi connectivity index (χ1v) is 11.7. The van der Waals surface area contributed by atoms with E-state index >= 15 is 0 Å². The molecule has 160 valence electrons. The molecule has 2 aromatic carbocycles. The van der Waals surface area contributed by atoms with Crippen LogP contribution in [0.25, 0.3) is 21.0 Å². The highest BCUT2D eigenvalue weighted by molar-refractivity contribution is 7.17. The Hall–Kier alpha value is -2.54. The standard InChI is InChI=1S/C25H26FN3OS/c26-21-4-2-19-3-6-25(30)29(23(19)16-21)13-12-28-10-7-22(8-11-28)27-17-18-1-5-24-20(15-18)9-14-31-24/h1-6,9,14-16,22,27H,7-8,10-13,17H2. The summed E-state index contributed by atoms with van der Waals surface area (Å²) in [5, 5.41) is 8.06. The van der Waals surface area contributed by atoms with E-state index in [1.165, 1.54) is 27.8 Å². The lowest BCUT2D eigenvalue weighted by atomic mass is 10.0. The highest BCUT2D eigenvalue weighted by atomic mass is 32.1. The van der Waals surface area contributed by atoms with E-state index in [0.717, 1.165) is 44.4 Å².